The molecule has 1 rings (SSSR count). The van der Waals surface area contributed by atoms with Gasteiger partial charge in [-0.05, 0) is 12.1 Å². The van der Waals surface area contributed by atoms with Crippen molar-refractivity contribution in [3.63, 3.8) is 0 Å². The van der Waals surface area contributed by atoms with Gasteiger partial charge in [-0.2, -0.15) is 0 Å². The SMILES string of the molecule is Nc1cc(Cl)cc(C(=O)CBr)c1[N+](=O)[O-]. The van der Waals surface area contributed by atoms with Crippen molar-refractivity contribution >= 4 is 44.7 Å². The molecule has 0 radical (unpaired) electrons. The van der Waals surface area contributed by atoms with Crippen molar-refractivity contribution in [1.29, 1.82) is 0 Å². The van der Waals surface area contributed by atoms with Crippen LogP contribution in [0.5, 0.6) is 0 Å². The number of nitrogen functional groups attached to an aromatic ring is 1. The summed E-state index contributed by atoms with van der Waals surface area (Å²) in [5.74, 6) is -0.434. The van der Waals surface area contributed by atoms with Gasteiger partial charge < -0.3 is 5.73 Å². The first-order valence-corrected chi connectivity index (χ1v) is 5.30. The van der Waals surface area contributed by atoms with E-state index in [0.717, 1.165) is 0 Å². The number of anilines is 1. The van der Waals surface area contributed by atoms with Gasteiger partial charge in [0.25, 0.3) is 0 Å². The number of ketones is 1. The van der Waals surface area contributed by atoms with Crippen molar-refractivity contribution < 1.29 is 9.72 Å². The van der Waals surface area contributed by atoms with Gasteiger partial charge in [0.15, 0.2) is 5.78 Å². The van der Waals surface area contributed by atoms with Crippen molar-refractivity contribution in [2.75, 3.05) is 11.1 Å². The zero-order valence-electron chi connectivity index (χ0n) is 7.37. The Hall–Kier alpha value is -1.14. The van der Waals surface area contributed by atoms with Gasteiger partial charge in [-0.3, -0.25) is 14.9 Å². The second-order valence-electron chi connectivity index (χ2n) is 2.71. The molecule has 0 fully saturated rings. The second kappa shape index (κ2) is 4.59. The van der Waals surface area contributed by atoms with E-state index in [1.165, 1.54) is 12.1 Å². The highest BCUT2D eigenvalue weighted by atomic mass is 79.9. The predicted molar refractivity (Wildman–Crippen MR) is 60.6 cm³/mol. The van der Waals surface area contributed by atoms with Crippen LogP contribution in [-0.2, 0) is 0 Å². The molecule has 5 nitrogen and oxygen atoms in total. The Morgan fingerprint density at radius 1 is 1.60 bits per heavy atom. The molecule has 0 atom stereocenters. The standard InChI is InChI=1S/C8H6BrClN2O3/c9-3-7(13)5-1-4(10)2-6(11)8(5)12(14)15/h1-2H,3,11H2. The highest BCUT2D eigenvalue weighted by molar-refractivity contribution is 9.09. The monoisotopic (exact) mass is 292 g/mol. The number of hydrogen-bond acceptors (Lipinski definition) is 4. The number of carbonyl (C=O) groups excluding carboxylic acids is 1. The number of nitro benzene ring substituents is 1. The number of benzene rings is 1. The van der Waals surface area contributed by atoms with Crippen LogP contribution in [0.2, 0.25) is 5.02 Å². The summed E-state index contributed by atoms with van der Waals surface area (Å²) >= 11 is 8.59. The maximum absolute atomic E-state index is 11.4. The molecular weight excluding hydrogens is 287 g/mol. The van der Waals surface area contributed by atoms with E-state index in [0.29, 0.717) is 0 Å². The summed E-state index contributed by atoms with van der Waals surface area (Å²) in [5, 5.41) is 10.9. The van der Waals surface area contributed by atoms with Crippen molar-refractivity contribution in [2.45, 2.75) is 0 Å². The molecule has 0 bridgehead atoms. The van der Waals surface area contributed by atoms with Crippen LogP contribution in [0.3, 0.4) is 0 Å². The number of carbonyl (C=O) groups is 1. The van der Waals surface area contributed by atoms with Gasteiger partial charge in [-0.25, -0.2) is 0 Å². The third-order valence-corrected chi connectivity index (χ3v) is 2.44. The molecule has 0 heterocycles. The molecule has 2 N–H and O–H groups in total. The van der Waals surface area contributed by atoms with E-state index in [2.05, 4.69) is 15.9 Å². The summed E-state index contributed by atoms with van der Waals surface area (Å²) in [5.41, 5.74) is 4.83. The first-order chi connectivity index (χ1) is 6.97. The van der Waals surface area contributed by atoms with Crippen LogP contribution in [0, 0.1) is 10.1 Å². The molecule has 0 saturated heterocycles. The summed E-state index contributed by atoms with van der Waals surface area (Å²) in [6.07, 6.45) is 0. The number of nitro groups is 1. The number of nitrogens with zero attached hydrogens (tertiary/aromatic N) is 1. The third-order valence-electron chi connectivity index (χ3n) is 1.71. The van der Waals surface area contributed by atoms with E-state index in [-0.39, 0.29) is 21.6 Å². The Labute approximate surface area is 98.5 Å². The quantitative estimate of drug-likeness (QED) is 0.305. The van der Waals surface area contributed by atoms with Gasteiger partial charge in [-0.1, -0.05) is 27.5 Å². The van der Waals surface area contributed by atoms with Gasteiger partial charge in [-0.15, -0.1) is 0 Å². The molecule has 1 aromatic carbocycles. The van der Waals surface area contributed by atoms with E-state index in [4.69, 9.17) is 17.3 Å². The lowest BCUT2D eigenvalue weighted by Crippen LogP contribution is -2.07. The van der Waals surface area contributed by atoms with Crippen molar-refractivity contribution in [3.05, 3.63) is 32.8 Å². The second-order valence-corrected chi connectivity index (χ2v) is 3.70. The smallest absolute Gasteiger partial charge is 0.302 e. The van der Waals surface area contributed by atoms with Gasteiger partial charge in [0.1, 0.15) is 5.69 Å². The van der Waals surface area contributed by atoms with Crippen LogP contribution >= 0.6 is 27.5 Å². The number of halogens is 2. The molecule has 80 valence electrons. The summed E-state index contributed by atoms with van der Waals surface area (Å²) in [6, 6.07) is 2.48. The van der Waals surface area contributed by atoms with Gasteiger partial charge in [0, 0.05) is 5.02 Å². The molecule has 0 spiro atoms. The van der Waals surface area contributed by atoms with Crippen LogP contribution in [0.1, 0.15) is 10.4 Å². The van der Waals surface area contributed by atoms with E-state index in [1.54, 1.807) is 0 Å². The largest absolute Gasteiger partial charge is 0.393 e. The predicted octanol–water partition coefficient (Wildman–Crippen LogP) is 2.41. The third kappa shape index (κ3) is 2.45. The van der Waals surface area contributed by atoms with Crippen molar-refractivity contribution in [1.82, 2.24) is 0 Å². The van der Waals surface area contributed by atoms with Gasteiger partial charge in [0.05, 0.1) is 15.8 Å². The fourth-order valence-electron chi connectivity index (χ4n) is 1.11. The van der Waals surface area contributed by atoms with Gasteiger partial charge in [0.2, 0.25) is 0 Å². The first-order valence-electron chi connectivity index (χ1n) is 3.80. The molecule has 0 amide bonds. The van der Waals surface area contributed by atoms with E-state index in [1.807, 2.05) is 0 Å². The molecule has 0 unspecified atom stereocenters. The van der Waals surface area contributed by atoms with Crippen molar-refractivity contribution in [3.8, 4) is 0 Å². The molecule has 0 aromatic heterocycles. The number of hydrogen-bond donors (Lipinski definition) is 1. The normalized spacial score (nSPS) is 10.0. The lowest BCUT2D eigenvalue weighted by Gasteiger charge is -2.03. The Morgan fingerprint density at radius 3 is 2.67 bits per heavy atom. The lowest BCUT2D eigenvalue weighted by molar-refractivity contribution is -0.384. The van der Waals surface area contributed by atoms with E-state index in [9.17, 15) is 14.9 Å². The van der Waals surface area contributed by atoms with Crippen LogP contribution in [0.15, 0.2) is 12.1 Å². The number of Topliss-reactive ketones (excluding diaryl/α,β-unsaturated/α-hetero) is 1. The number of alkyl halides is 1. The zero-order valence-corrected chi connectivity index (χ0v) is 9.71. The number of rotatable bonds is 3. The highest BCUT2D eigenvalue weighted by Crippen LogP contribution is 2.30. The molecule has 0 saturated carbocycles. The molecule has 1 aromatic rings. The Morgan fingerprint density at radius 2 is 2.20 bits per heavy atom. The molecular formula is C8H6BrClN2O3. The summed E-state index contributed by atoms with van der Waals surface area (Å²) in [4.78, 5) is 21.4. The first kappa shape index (κ1) is 11.9. The maximum Gasteiger partial charge on any atom is 0.302 e. The Balaban J connectivity index is 3.46. The minimum atomic E-state index is -0.693. The molecule has 7 heteroatoms. The Bertz CT molecular complexity index is 436. The van der Waals surface area contributed by atoms with E-state index < -0.39 is 16.4 Å². The van der Waals surface area contributed by atoms with Crippen LogP contribution in [-0.4, -0.2) is 16.0 Å². The molecule has 15 heavy (non-hydrogen) atoms. The summed E-state index contributed by atoms with van der Waals surface area (Å²) in [6.45, 7) is 0. The topological polar surface area (TPSA) is 86.2 Å². The molecule has 0 aliphatic heterocycles. The lowest BCUT2D eigenvalue weighted by atomic mass is 10.1. The van der Waals surface area contributed by atoms with Gasteiger partial charge >= 0.3 is 5.69 Å². The van der Waals surface area contributed by atoms with E-state index >= 15 is 0 Å². The fourth-order valence-corrected chi connectivity index (χ4v) is 1.64. The molecule has 0 aliphatic carbocycles. The zero-order chi connectivity index (χ0) is 11.6. The highest BCUT2D eigenvalue weighted by Gasteiger charge is 2.23. The van der Waals surface area contributed by atoms with Crippen molar-refractivity contribution in [2.24, 2.45) is 0 Å². The van der Waals surface area contributed by atoms with Crippen LogP contribution in [0.4, 0.5) is 11.4 Å². The number of nitrogens with two attached hydrogens (primary N) is 1. The summed E-state index contributed by atoms with van der Waals surface area (Å²) < 4.78 is 0. The Kier molecular flexibility index (Phi) is 3.65. The minimum absolute atomic E-state index is 0.0202. The summed E-state index contributed by atoms with van der Waals surface area (Å²) in [7, 11) is 0. The molecule has 0 aliphatic rings. The minimum Gasteiger partial charge on any atom is -0.393 e. The van der Waals surface area contributed by atoms with Crippen LogP contribution in [0.25, 0.3) is 0 Å². The van der Waals surface area contributed by atoms with Crippen LogP contribution < -0.4 is 5.73 Å². The fraction of sp³-hybridized carbons (Fsp3) is 0.125. The average Bonchev–Trinajstić information content (AvgIpc) is 2.14. The average molecular weight is 294 g/mol. The maximum atomic E-state index is 11.4.